The molecule has 246 valence electrons. The summed E-state index contributed by atoms with van der Waals surface area (Å²) in [6.45, 7) is 10.9. The van der Waals surface area contributed by atoms with Crippen LogP contribution in [-0.2, 0) is 24.1 Å². The average molecular weight is 744 g/mol. The molecule has 2 saturated heterocycles. The Bertz CT molecular complexity index is 1430. The Balaban J connectivity index is 1.22. The van der Waals surface area contributed by atoms with Gasteiger partial charge in [0.1, 0.15) is 0 Å². The van der Waals surface area contributed by atoms with Gasteiger partial charge >= 0.3 is 212 Å². The number of rotatable bonds is 16. The number of aryl methyl sites for hydroxylation is 2. The van der Waals surface area contributed by atoms with Crippen molar-refractivity contribution in [2.75, 3.05) is 22.8 Å². The summed E-state index contributed by atoms with van der Waals surface area (Å²) < 4.78 is 1.84. The molecule has 1 unspecified atom stereocenters. The second-order valence-corrected chi connectivity index (χ2v) is 18.0. The third-order valence-electron chi connectivity index (χ3n) is 9.44. The zero-order chi connectivity index (χ0) is 32.0. The van der Waals surface area contributed by atoms with Crippen LogP contribution in [0.1, 0.15) is 110 Å². The van der Waals surface area contributed by atoms with Crippen molar-refractivity contribution in [1.82, 2.24) is 4.90 Å². The molecule has 0 bridgehead atoms. The number of unbranched alkanes of at least 4 members (excludes halogenated alkanes) is 1. The van der Waals surface area contributed by atoms with Gasteiger partial charge in [-0.2, -0.15) is 0 Å². The van der Waals surface area contributed by atoms with Crippen molar-refractivity contribution in [3.05, 3.63) is 75.7 Å². The molecule has 0 aliphatic carbocycles. The molecule has 2 aliphatic rings. The van der Waals surface area contributed by atoms with Crippen LogP contribution >= 0.6 is 11.3 Å². The quantitative estimate of drug-likeness (QED) is 0.109. The van der Waals surface area contributed by atoms with Gasteiger partial charge < -0.3 is 0 Å². The maximum absolute atomic E-state index is 11.6. The summed E-state index contributed by atoms with van der Waals surface area (Å²) in [6, 6.07) is 18.4. The standard InChI is InChI=1S/C38H52IN2O3S/c1-5-6-12-27-13-8-14-28(22-27)15-10-20-41-21-19-31(24-38(41,3)4)40-30-17-9-16-29(23-30)35-34(33-25-39-33)32(18-7-11-26(2)42)36(45-35)37(43)44/h8-9,13-14,16-17,22-23,31,33,37,40,43-44H,5-7,10-12,15,18-21,24-25H2,1-4H3/q-1/t31-,33?/m1/s1. The predicted molar refractivity (Wildman–Crippen MR) is 184 cm³/mol. The molecule has 3 heterocycles. The molecular formula is C38H52IN2O3S-. The molecule has 1 aromatic heterocycles. The first-order chi connectivity index (χ1) is 21.6. The van der Waals surface area contributed by atoms with E-state index in [1.165, 1.54) is 63.0 Å². The van der Waals surface area contributed by atoms with Gasteiger partial charge in [0.05, 0.1) is 0 Å². The molecule has 5 rings (SSSR count). The molecule has 7 heteroatoms. The van der Waals surface area contributed by atoms with E-state index in [1.54, 1.807) is 6.92 Å². The molecule has 5 nitrogen and oxygen atoms in total. The van der Waals surface area contributed by atoms with E-state index in [1.807, 2.05) is 0 Å². The average Bonchev–Trinajstić information content (AvgIpc) is 3.77. The van der Waals surface area contributed by atoms with Gasteiger partial charge in [0.15, 0.2) is 0 Å². The van der Waals surface area contributed by atoms with Crippen LogP contribution in [0.3, 0.4) is 0 Å². The minimum atomic E-state index is -1.48. The van der Waals surface area contributed by atoms with Crippen LogP contribution in [0.15, 0.2) is 48.5 Å². The number of piperidine rings is 1. The van der Waals surface area contributed by atoms with Gasteiger partial charge in [-0.25, -0.2) is 0 Å². The molecule has 45 heavy (non-hydrogen) atoms. The number of nitrogens with one attached hydrogen (secondary N) is 1. The molecule has 2 fully saturated rings. The Kier molecular flexibility index (Phi) is 12.2. The number of alkyl halides is 2. The largest absolute Gasteiger partial charge is 0.0558 e. The van der Waals surface area contributed by atoms with Crippen molar-refractivity contribution in [3.8, 4) is 10.4 Å². The summed E-state index contributed by atoms with van der Waals surface area (Å²) in [5.41, 5.74) is 7.80. The second-order valence-electron chi connectivity index (χ2n) is 13.6. The Morgan fingerprint density at radius 1 is 1.07 bits per heavy atom. The maximum atomic E-state index is 11.6. The minimum Gasteiger partial charge on any atom is -0.0558 e. The smallest absolute Gasteiger partial charge is 0.0558 e. The zero-order valence-electron chi connectivity index (χ0n) is 27.6. The van der Waals surface area contributed by atoms with E-state index < -0.39 is 6.29 Å². The van der Waals surface area contributed by atoms with Crippen LogP contribution in [0.5, 0.6) is 0 Å². The van der Waals surface area contributed by atoms with E-state index in [2.05, 4.69) is 79.5 Å². The van der Waals surface area contributed by atoms with Gasteiger partial charge in [-0.3, -0.25) is 0 Å². The van der Waals surface area contributed by atoms with Crippen molar-refractivity contribution in [2.24, 2.45) is 0 Å². The van der Waals surface area contributed by atoms with E-state index in [-0.39, 0.29) is 32.5 Å². The molecule has 0 saturated carbocycles. The van der Waals surface area contributed by atoms with Crippen molar-refractivity contribution in [3.63, 3.8) is 0 Å². The van der Waals surface area contributed by atoms with Gasteiger partial charge in [-0.05, 0) is 36.8 Å². The molecule has 3 aromatic rings. The summed E-state index contributed by atoms with van der Waals surface area (Å²) in [4.78, 5) is 16.1. The van der Waals surface area contributed by atoms with Crippen molar-refractivity contribution in [2.45, 2.75) is 114 Å². The number of likely N-dealkylation sites (tertiary alicyclic amines) is 1. The van der Waals surface area contributed by atoms with E-state index in [4.69, 9.17) is 0 Å². The van der Waals surface area contributed by atoms with E-state index >= 15 is 0 Å². The number of aliphatic hydroxyl groups excluding tert-OH is 1. The number of hydrogen-bond donors (Lipinski definition) is 3. The Labute approximate surface area is 285 Å². The Hall–Kier alpha value is -1.78. The van der Waals surface area contributed by atoms with Crippen molar-refractivity contribution < 1.29 is 36.2 Å². The molecule has 2 atom stereocenters. The monoisotopic (exact) mass is 743 g/mol. The number of nitrogens with zero attached hydrogens (tertiary/aromatic N) is 1. The third kappa shape index (κ3) is 9.40. The van der Waals surface area contributed by atoms with E-state index in [9.17, 15) is 15.0 Å². The first-order valence-corrected chi connectivity index (χ1v) is 20.5. The number of carbonyl (C=O) groups excluding carboxylic acids is 1. The number of halogens is 1. The molecular weight excluding hydrogens is 691 g/mol. The number of hydrogen-bond acceptors (Lipinski definition) is 6. The predicted octanol–water partition coefficient (Wildman–Crippen LogP) is 5.08. The normalized spacial score (nSPS) is 19.8. The SMILES string of the molecule is CCCCc1cccc(CCCN2CC[C@@H](Nc3cccc(-c4sc(C(O)O)c(CCCC(C)=O)c4C4C[I-]4)c3)CC2(C)C)c1. The topological polar surface area (TPSA) is 72.8 Å². The first kappa shape index (κ1) is 34.6. The Morgan fingerprint density at radius 3 is 2.47 bits per heavy atom. The van der Waals surface area contributed by atoms with Crippen LogP contribution in [0, 0.1) is 0 Å². The number of benzene rings is 2. The fraction of sp³-hybridized carbons (Fsp3) is 0.553. The fourth-order valence-corrected chi connectivity index (χ4v) is 10.3. The molecule has 0 spiro atoms. The first-order valence-electron chi connectivity index (χ1n) is 16.9. The number of Topliss-reactive ketones (excluding diaryl/α,β-unsaturated/α-hetero) is 1. The second kappa shape index (κ2) is 15.9. The number of anilines is 1. The number of carbonyl (C=O) groups is 1. The summed E-state index contributed by atoms with van der Waals surface area (Å²) in [5, 5.41) is 24.4. The van der Waals surface area contributed by atoms with Crippen LogP contribution in [0.4, 0.5) is 5.69 Å². The van der Waals surface area contributed by atoms with Gasteiger partial charge in [0.2, 0.25) is 0 Å². The Morgan fingerprint density at radius 2 is 1.80 bits per heavy atom. The third-order valence-corrected chi connectivity index (χ3v) is 13.2. The van der Waals surface area contributed by atoms with Crippen LogP contribution < -0.4 is 26.5 Å². The maximum Gasteiger partial charge on any atom is -0.0558 e. The van der Waals surface area contributed by atoms with Gasteiger partial charge in [0, 0.05) is 0 Å². The fourth-order valence-electron chi connectivity index (χ4n) is 6.99. The van der Waals surface area contributed by atoms with Crippen LogP contribution in [0.2, 0.25) is 0 Å². The molecule has 0 radical (unpaired) electrons. The van der Waals surface area contributed by atoms with Gasteiger partial charge in [-0.1, -0.05) is 37.6 Å². The number of aliphatic hydroxyl groups is 2. The molecule has 3 N–H and O–H groups in total. The number of ketones is 1. The molecule has 2 aromatic carbocycles. The van der Waals surface area contributed by atoms with E-state index in [0.717, 1.165) is 62.0 Å². The summed E-state index contributed by atoms with van der Waals surface area (Å²) >= 11 is 1.67. The summed E-state index contributed by atoms with van der Waals surface area (Å²) in [6.07, 6.45) is 8.79. The summed E-state index contributed by atoms with van der Waals surface area (Å²) in [7, 11) is 0. The minimum absolute atomic E-state index is 0.130. The summed E-state index contributed by atoms with van der Waals surface area (Å²) in [5.74, 6) is 0.188. The van der Waals surface area contributed by atoms with Crippen LogP contribution in [-0.4, -0.2) is 50.0 Å². The van der Waals surface area contributed by atoms with Crippen molar-refractivity contribution in [1.29, 1.82) is 0 Å². The molecule has 2 aliphatic heterocycles. The van der Waals surface area contributed by atoms with Crippen LogP contribution in [0.25, 0.3) is 10.4 Å². The zero-order valence-corrected chi connectivity index (χ0v) is 30.6. The number of thiophene rings is 1. The van der Waals surface area contributed by atoms with Crippen molar-refractivity contribution >= 4 is 22.8 Å². The molecule has 0 amide bonds. The van der Waals surface area contributed by atoms with Gasteiger partial charge in [-0.15, -0.1) is 0 Å². The van der Waals surface area contributed by atoms with Gasteiger partial charge in [0.25, 0.3) is 0 Å². The van der Waals surface area contributed by atoms with E-state index in [0.29, 0.717) is 21.3 Å².